The summed E-state index contributed by atoms with van der Waals surface area (Å²) in [7, 11) is -3.91. The lowest BCUT2D eigenvalue weighted by Crippen LogP contribution is -2.33. The van der Waals surface area contributed by atoms with Crippen LogP contribution in [-0.4, -0.2) is 44.6 Å². The van der Waals surface area contributed by atoms with E-state index in [9.17, 15) is 8.42 Å². The molecule has 0 spiro atoms. The molecule has 0 fully saturated rings. The molecule has 22 heavy (non-hydrogen) atoms. The van der Waals surface area contributed by atoms with Crippen molar-refractivity contribution in [3.05, 3.63) is 10.8 Å². The largest absolute Gasteiger partial charge is 0.485 e. The van der Waals surface area contributed by atoms with Crippen LogP contribution in [0.15, 0.2) is 10.8 Å². The third-order valence-corrected chi connectivity index (χ3v) is 5.01. The fourth-order valence-corrected chi connectivity index (χ4v) is 4.05. The summed E-state index contributed by atoms with van der Waals surface area (Å²) in [6, 6.07) is 0. The zero-order valence-corrected chi connectivity index (χ0v) is 14.4. The van der Waals surface area contributed by atoms with Gasteiger partial charge in [-0.05, 0) is 18.3 Å². The molecule has 6 nitrogen and oxygen atoms in total. The van der Waals surface area contributed by atoms with Crippen LogP contribution in [0.4, 0.5) is 0 Å². The Morgan fingerprint density at radius 1 is 1.36 bits per heavy atom. The first-order chi connectivity index (χ1) is 10.3. The van der Waals surface area contributed by atoms with Gasteiger partial charge in [-0.25, -0.2) is 0 Å². The highest BCUT2D eigenvalue weighted by atomic mass is 32.2. The Labute approximate surface area is 135 Å². The fraction of sp³-hybridized carbons (Fsp3) is 0.714. The highest BCUT2D eigenvalue weighted by Gasteiger charge is 2.22. The molecule has 1 N–H and O–H groups in total. The van der Waals surface area contributed by atoms with Crippen molar-refractivity contribution >= 4 is 21.5 Å². The Kier molecular flexibility index (Phi) is 6.08. The van der Waals surface area contributed by atoms with Crippen LogP contribution in [0.25, 0.3) is 0 Å². The Hall–Kier alpha value is -0.830. The number of thiophene rings is 1. The van der Waals surface area contributed by atoms with Crippen molar-refractivity contribution in [2.75, 3.05) is 25.6 Å². The molecule has 1 aromatic heterocycles. The average molecular weight is 350 g/mol. The van der Waals surface area contributed by atoms with Crippen LogP contribution in [0.3, 0.4) is 0 Å². The zero-order valence-electron chi connectivity index (χ0n) is 12.7. The van der Waals surface area contributed by atoms with Crippen molar-refractivity contribution in [1.82, 2.24) is 0 Å². The van der Waals surface area contributed by atoms with Crippen molar-refractivity contribution in [3.63, 3.8) is 0 Å². The first-order valence-corrected chi connectivity index (χ1v) is 9.77. The van der Waals surface area contributed by atoms with Gasteiger partial charge in [0.05, 0.1) is 12.4 Å². The van der Waals surface area contributed by atoms with E-state index in [4.69, 9.17) is 18.8 Å². The lowest BCUT2D eigenvalue weighted by molar-refractivity contribution is -0.00138. The Bertz CT molecular complexity index is 568. The topological polar surface area (TPSA) is 82.1 Å². The summed E-state index contributed by atoms with van der Waals surface area (Å²) >= 11 is 1.54. The van der Waals surface area contributed by atoms with Gasteiger partial charge >= 0.3 is 0 Å². The maximum absolute atomic E-state index is 10.8. The molecule has 0 saturated heterocycles. The minimum Gasteiger partial charge on any atom is -0.485 e. The van der Waals surface area contributed by atoms with Crippen LogP contribution in [0.2, 0.25) is 0 Å². The molecule has 3 atom stereocenters. The van der Waals surface area contributed by atoms with Crippen molar-refractivity contribution < 1.29 is 27.2 Å². The number of fused-ring (bicyclic) bond motifs is 1. The third kappa shape index (κ3) is 5.75. The molecule has 1 aliphatic rings. The van der Waals surface area contributed by atoms with E-state index in [2.05, 4.69) is 0 Å². The van der Waals surface area contributed by atoms with E-state index in [1.807, 2.05) is 17.7 Å². The Morgan fingerprint density at radius 3 is 2.82 bits per heavy atom. The highest BCUT2D eigenvalue weighted by Crippen LogP contribution is 2.35. The van der Waals surface area contributed by atoms with Gasteiger partial charge < -0.3 is 14.2 Å². The first kappa shape index (κ1) is 17.5. The van der Waals surface area contributed by atoms with Crippen LogP contribution in [0.1, 0.15) is 20.3 Å². The van der Waals surface area contributed by atoms with Crippen LogP contribution in [0.5, 0.6) is 11.5 Å². The van der Waals surface area contributed by atoms with Crippen LogP contribution < -0.4 is 9.47 Å². The van der Waals surface area contributed by atoms with E-state index < -0.39 is 10.1 Å². The normalized spacial score (nSPS) is 20.6. The van der Waals surface area contributed by atoms with Gasteiger partial charge in [-0.3, -0.25) is 4.55 Å². The average Bonchev–Trinajstić information content (AvgIpc) is 2.83. The number of rotatable bonds is 8. The third-order valence-electron chi connectivity index (χ3n) is 3.32. The summed E-state index contributed by atoms with van der Waals surface area (Å²) in [6.07, 6.45) is 0.556. The lowest BCUT2D eigenvalue weighted by atomic mass is 10.00. The van der Waals surface area contributed by atoms with Gasteiger partial charge in [0.15, 0.2) is 17.6 Å². The molecule has 0 aliphatic carbocycles. The maximum Gasteiger partial charge on any atom is 0.265 e. The monoisotopic (exact) mass is 350 g/mol. The number of hydrogen-bond donors (Lipinski definition) is 1. The summed E-state index contributed by atoms with van der Waals surface area (Å²) in [6.45, 7) is 5.23. The summed E-state index contributed by atoms with van der Waals surface area (Å²) in [5.41, 5.74) is 0. The SMILES string of the molecule is CC(COCC1COc2cscc2O1)CC(C)CS(=O)(=O)O. The van der Waals surface area contributed by atoms with Gasteiger partial charge in [0, 0.05) is 17.4 Å². The quantitative estimate of drug-likeness (QED) is 0.725. The van der Waals surface area contributed by atoms with Gasteiger partial charge in [0.2, 0.25) is 0 Å². The Balaban J connectivity index is 1.64. The minimum absolute atomic E-state index is 0.101. The molecule has 8 heteroatoms. The number of ether oxygens (including phenoxy) is 3. The predicted molar refractivity (Wildman–Crippen MR) is 84.4 cm³/mol. The van der Waals surface area contributed by atoms with Gasteiger partial charge in [-0.2, -0.15) is 8.42 Å². The fourth-order valence-electron chi connectivity index (χ4n) is 2.53. The molecule has 0 saturated carbocycles. The smallest absolute Gasteiger partial charge is 0.265 e. The van der Waals surface area contributed by atoms with E-state index in [1.165, 1.54) is 11.3 Å². The molecule has 0 radical (unpaired) electrons. The molecule has 0 aromatic carbocycles. The molecular formula is C14H22O6S2. The van der Waals surface area contributed by atoms with E-state index >= 15 is 0 Å². The lowest BCUT2D eigenvalue weighted by Gasteiger charge is -2.25. The molecule has 1 aromatic rings. The molecule has 1 aliphatic heterocycles. The zero-order chi connectivity index (χ0) is 16.2. The molecule has 0 amide bonds. The molecule has 3 unspecified atom stereocenters. The summed E-state index contributed by atoms with van der Waals surface area (Å²) in [5.74, 6) is 1.44. The molecule has 2 rings (SSSR count). The van der Waals surface area contributed by atoms with Gasteiger partial charge in [0.25, 0.3) is 10.1 Å². The second-order valence-electron chi connectivity index (χ2n) is 5.88. The number of hydrogen-bond acceptors (Lipinski definition) is 6. The maximum atomic E-state index is 10.8. The van der Waals surface area contributed by atoms with Crippen molar-refractivity contribution in [3.8, 4) is 11.5 Å². The second kappa shape index (κ2) is 7.63. The summed E-state index contributed by atoms with van der Waals surface area (Å²) in [5, 5.41) is 3.81. The van der Waals surface area contributed by atoms with Crippen LogP contribution in [0, 0.1) is 11.8 Å². The van der Waals surface area contributed by atoms with Crippen LogP contribution >= 0.6 is 11.3 Å². The van der Waals surface area contributed by atoms with Crippen molar-refractivity contribution in [1.29, 1.82) is 0 Å². The summed E-state index contributed by atoms with van der Waals surface area (Å²) in [4.78, 5) is 0. The second-order valence-corrected chi connectivity index (χ2v) is 8.12. The van der Waals surface area contributed by atoms with E-state index in [0.29, 0.717) is 26.2 Å². The summed E-state index contributed by atoms with van der Waals surface area (Å²) < 4.78 is 47.4. The van der Waals surface area contributed by atoms with Crippen molar-refractivity contribution in [2.24, 2.45) is 11.8 Å². The Morgan fingerprint density at radius 2 is 2.09 bits per heavy atom. The minimum atomic E-state index is -3.91. The van der Waals surface area contributed by atoms with Gasteiger partial charge in [-0.1, -0.05) is 13.8 Å². The van der Waals surface area contributed by atoms with Gasteiger partial charge in [-0.15, -0.1) is 11.3 Å². The standard InChI is InChI=1S/C14H22O6S2/c1-10(3-11(2)9-22(15,16)17)4-18-5-12-6-19-13-7-21-8-14(13)20-12/h7-8,10-12H,3-6,9H2,1-2H3,(H,15,16,17). The van der Waals surface area contributed by atoms with Crippen LogP contribution in [-0.2, 0) is 14.9 Å². The van der Waals surface area contributed by atoms with E-state index in [-0.39, 0.29) is 23.7 Å². The first-order valence-electron chi connectivity index (χ1n) is 7.22. The van der Waals surface area contributed by atoms with E-state index in [1.54, 1.807) is 6.92 Å². The van der Waals surface area contributed by atoms with Crippen molar-refractivity contribution in [2.45, 2.75) is 26.4 Å². The molecular weight excluding hydrogens is 328 g/mol. The van der Waals surface area contributed by atoms with E-state index in [0.717, 1.165) is 11.5 Å². The van der Waals surface area contributed by atoms with Gasteiger partial charge in [0.1, 0.15) is 6.61 Å². The predicted octanol–water partition coefficient (Wildman–Crippen LogP) is 2.45. The molecule has 0 bridgehead atoms. The molecule has 126 valence electrons. The molecule has 2 heterocycles. The highest BCUT2D eigenvalue weighted by molar-refractivity contribution is 7.85.